The van der Waals surface area contributed by atoms with Crippen molar-refractivity contribution >= 4 is 23.0 Å². The highest BCUT2D eigenvalue weighted by molar-refractivity contribution is 6.33. The lowest BCUT2D eigenvalue weighted by Gasteiger charge is -2.09. The van der Waals surface area contributed by atoms with E-state index < -0.39 is 0 Å². The number of hydrogen-bond acceptors (Lipinski definition) is 3. The molecule has 0 unspecified atom stereocenters. The molecule has 84 valence electrons. The second kappa shape index (κ2) is 4.45. The Kier molecular flexibility index (Phi) is 3.01. The Bertz CT molecular complexity index is 472. The third kappa shape index (κ3) is 2.28. The Hall–Kier alpha value is -1.68. The van der Waals surface area contributed by atoms with E-state index in [1.54, 1.807) is 10.9 Å². The quantitative estimate of drug-likeness (QED) is 0.804. The minimum atomic E-state index is 0.629. The van der Waals surface area contributed by atoms with E-state index in [-0.39, 0.29) is 0 Å². The number of nitrogens with one attached hydrogen (secondary N) is 1. The zero-order chi connectivity index (χ0) is 11.5. The Labute approximate surface area is 99.0 Å². The van der Waals surface area contributed by atoms with Gasteiger partial charge in [-0.1, -0.05) is 17.7 Å². The molecule has 1 aromatic carbocycles. The minimum absolute atomic E-state index is 0.629. The van der Waals surface area contributed by atoms with Gasteiger partial charge in [-0.3, -0.25) is 4.68 Å². The lowest BCUT2D eigenvalue weighted by Crippen LogP contribution is -2.02. The summed E-state index contributed by atoms with van der Waals surface area (Å²) in [6.45, 7) is 0.655. The summed E-state index contributed by atoms with van der Waals surface area (Å²) in [4.78, 5) is 0. The molecule has 2 rings (SSSR count). The fourth-order valence-corrected chi connectivity index (χ4v) is 1.73. The highest BCUT2D eigenvalue weighted by Gasteiger charge is 2.04. The minimum Gasteiger partial charge on any atom is -0.397 e. The van der Waals surface area contributed by atoms with Gasteiger partial charge in [-0.05, 0) is 12.1 Å². The lowest BCUT2D eigenvalue weighted by atomic mass is 10.2. The predicted octanol–water partition coefficient (Wildman–Crippen LogP) is 2.27. The summed E-state index contributed by atoms with van der Waals surface area (Å²) in [7, 11) is 1.88. The van der Waals surface area contributed by atoms with Crippen molar-refractivity contribution in [3.05, 3.63) is 41.2 Å². The SMILES string of the molecule is Cn1cc(CNc2c(N)cccc2Cl)cn1. The molecular formula is C11H13ClN4. The van der Waals surface area contributed by atoms with Gasteiger partial charge in [0.2, 0.25) is 0 Å². The first-order valence-electron chi connectivity index (χ1n) is 4.92. The number of para-hydroxylation sites is 1. The molecular weight excluding hydrogens is 224 g/mol. The third-order valence-corrected chi connectivity index (χ3v) is 2.59. The van der Waals surface area contributed by atoms with Gasteiger partial charge in [-0.15, -0.1) is 0 Å². The van der Waals surface area contributed by atoms with Gasteiger partial charge in [0, 0.05) is 25.4 Å². The second-order valence-corrected chi connectivity index (χ2v) is 3.99. The van der Waals surface area contributed by atoms with Crippen LogP contribution in [0.5, 0.6) is 0 Å². The number of nitrogens with two attached hydrogens (primary N) is 1. The van der Waals surface area contributed by atoms with Crippen molar-refractivity contribution in [3.8, 4) is 0 Å². The van der Waals surface area contributed by atoms with Crippen LogP contribution < -0.4 is 11.1 Å². The van der Waals surface area contributed by atoms with Crippen molar-refractivity contribution in [2.45, 2.75) is 6.54 Å². The van der Waals surface area contributed by atoms with Gasteiger partial charge < -0.3 is 11.1 Å². The first kappa shape index (κ1) is 10.8. The fourth-order valence-electron chi connectivity index (χ4n) is 1.48. The van der Waals surface area contributed by atoms with Crippen LogP contribution in [0.15, 0.2) is 30.6 Å². The number of nitrogen functional groups attached to an aromatic ring is 1. The number of aromatic nitrogens is 2. The molecule has 5 heteroatoms. The van der Waals surface area contributed by atoms with E-state index in [1.807, 2.05) is 31.4 Å². The number of anilines is 2. The molecule has 0 aliphatic carbocycles. The Balaban J connectivity index is 2.10. The molecule has 0 saturated carbocycles. The number of rotatable bonds is 3. The number of hydrogen-bond donors (Lipinski definition) is 2. The van der Waals surface area contributed by atoms with E-state index in [9.17, 15) is 0 Å². The second-order valence-electron chi connectivity index (χ2n) is 3.58. The molecule has 1 aromatic heterocycles. The molecule has 0 radical (unpaired) electrons. The monoisotopic (exact) mass is 236 g/mol. The summed E-state index contributed by atoms with van der Waals surface area (Å²) in [5, 5.41) is 7.92. The van der Waals surface area contributed by atoms with Crippen molar-refractivity contribution in [1.82, 2.24) is 9.78 Å². The summed E-state index contributed by atoms with van der Waals surface area (Å²) in [5.74, 6) is 0. The molecule has 3 N–H and O–H groups in total. The number of halogens is 1. The average molecular weight is 237 g/mol. The van der Waals surface area contributed by atoms with E-state index in [0.29, 0.717) is 17.3 Å². The van der Waals surface area contributed by atoms with Crippen LogP contribution in [0.1, 0.15) is 5.56 Å². The van der Waals surface area contributed by atoms with Crippen molar-refractivity contribution < 1.29 is 0 Å². The van der Waals surface area contributed by atoms with Crippen LogP contribution in [0, 0.1) is 0 Å². The average Bonchev–Trinajstić information content (AvgIpc) is 2.63. The van der Waals surface area contributed by atoms with Gasteiger partial charge in [0.05, 0.1) is 22.6 Å². The maximum Gasteiger partial charge on any atom is 0.0765 e. The highest BCUT2D eigenvalue weighted by atomic mass is 35.5. The van der Waals surface area contributed by atoms with Crippen LogP contribution in [0.25, 0.3) is 0 Å². The van der Waals surface area contributed by atoms with Crippen LogP contribution in [0.4, 0.5) is 11.4 Å². The largest absolute Gasteiger partial charge is 0.397 e. The summed E-state index contributed by atoms with van der Waals surface area (Å²) >= 11 is 6.04. The van der Waals surface area contributed by atoms with Crippen LogP contribution in [0.2, 0.25) is 5.02 Å². The molecule has 0 aliphatic rings. The van der Waals surface area contributed by atoms with Crippen molar-refractivity contribution in [1.29, 1.82) is 0 Å². The zero-order valence-corrected chi connectivity index (χ0v) is 9.70. The summed E-state index contributed by atoms with van der Waals surface area (Å²) in [6.07, 6.45) is 3.75. The molecule has 0 aliphatic heterocycles. The number of benzene rings is 1. The summed E-state index contributed by atoms with van der Waals surface area (Å²) < 4.78 is 1.76. The molecule has 0 fully saturated rings. The normalized spacial score (nSPS) is 10.4. The first-order valence-corrected chi connectivity index (χ1v) is 5.30. The molecule has 4 nitrogen and oxygen atoms in total. The zero-order valence-electron chi connectivity index (χ0n) is 8.94. The van der Waals surface area contributed by atoms with Gasteiger partial charge in [-0.2, -0.15) is 5.10 Å². The topological polar surface area (TPSA) is 55.9 Å². The highest BCUT2D eigenvalue weighted by Crippen LogP contribution is 2.28. The molecule has 0 spiro atoms. The first-order chi connectivity index (χ1) is 7.66. The molecule has 0 atom stereocenters. The molecule has 0 amide bonds. The fraction of sp³-hybridized carbons (Fsp3) is 0.182. The maximum atomic E-state index is 6.04. The molecule has 2 aromatic rings. The van der Waals surface area contributed by atoms with E-state index in [4.69, 9.17) is 17.3 Å². The van der Waals surface area contributed by atoms with Crippen molar-refractivity contribution in [2.24, 2.45) is 7.05 Å². The van der Waals surface area contributed by atoms with Crippen LogP contribution >= 0.6 is 11.6 Å². The number of nitrogens with zero attached hydrogens (tertiary/aromatic N) is 2. The van der Waals surface area contributed by atoms with Crippen molar-refractivity contribution in [2.75, 3.05) is 11.1 Å². The standard InChI is InChI=1S/C11H13ClN4/c1-16-7-8(6-15-16)5-14-11-9(12)3-2-4-10(11)13/h2-4,6-7,14H,5,13H2,1H3. The number of aryl methyl sites for hydroxylation is 1. The van der Waals surface area contributed by atoms with Crippen molar-refractivity contribution in [3.63, 3.8) is 0 Å². The lowest BCUT2D eigenvalue weighted by molar-refractivity contribution is 0.767. The van der Waals surface area contributed by atoms with E-state index in [2.05, 4.69) is 10.4 Å². The van der Waals surface area contributed by atoms with E-state index >= 15 is 0 Å². The van der Waals surface area contributed by atoms with Crippen LogP contribution in [-0.4, -0.2) is 9.78 Å². The summed E-state index contributed by atoms with van der Waals surface area (Å²) in [5.41, 5.74) is 8.33. The van der Waals surface area contributed by atoms with Crippen LogP contribution in [-0.2, 0) is 13.6 Å². The third-order valence-electron chi connectivity index (χ3n) is 2.27. The van der Waals surface area contributed by atoms with E-state index in [0.717, 1.165) is 11.3 Å². The van der Waals surface area contributed by atoms with Crippen LogP contribution in [0.3, 0.4) is 0 Å². The van der Waals surface area contributed by atoms with Gasteiger partial charge in [-0.25, -0.2) is 0 Å². The molecule has 0 saturated heterocycles. The van der Waals surface area contributed by atoms with Gasteiger partial charge in [0.25, 0.3) is 0 Å². The smallest absolute Gasteiger partial charge is 0.0765 e. The van der Waals surface area contributed by atoms with Gasteiger partial charge in [0.1, 0.15) is 0 Å². The molecule has 16 heavy (non-hydrogen) atoms. The Morgan fingerprint density at radius 3 is 2.94 bits per heavy atom. The Morgan fingerprint density at radius 1 is 1.50 bits per heavy atom. The Morgan fingerprint density at radius 2 is 2.31 bits per heavy atom. The molecule has 1 heterocycles. The molecule has 0 bridgehead atoms. The predicted molar refractivity (Wildman–Crippen MR) is 66.4 cm³/mol. The van der Waals surface area contributed by atoms with E-state index in [1.165, 1.54) is 0 Å². The van der Waals surface area contributed by atoms with Gasteiger partial charge >= 0.3 is 0 Å². The summed E-state index contributed by atoms with van der Waals surface area (Å²) in [6, 6.07) is 5.45. The van der Waals surface area contributed by atoms with Gasteiger partial charge in [0.15, 0.2) is 0 Å². The maximum absolute atomic E-state index is 6.04.